The van der Waals surface area contributed by atoms with Crippen LogP contribution in [0.3, 0.4) is 0 Å². The topological polar surface area (TPSA) is 90.4 Å². The smallest absolute Gasteiger partial charge is 0.410 e. The van der Waals surface area contributed by atoms with Gasteiger partial charge in [0.15, 0.2) is 0 Å². The number of aromatic nitrogens is 2. The zero-order valence-electron chi connectivity index (χ0n) is 15.2. The van der Waals surface area contributed by atoms with E-state index in [1.54, 1.807) is 17.0 Å². The lowest BCUT2D eigenvalue weighted by Gasteiger charge is -2.33. The summed E-state index contributed by atoms with van der Waals surface area (Å²) < 4.78 is 8.15. The number of primary amides is 1. The fourth-order valence-corrected chi connectivity index (χ4v) is 3.84. The molecule has 1 aliphatic rings. The van der Waals surface area contributed by atoms with Gasteiger partial charge in [0.1, 0.15) is 15.7 Å². The van der Waals surface area contributed by atoms with Gasteiger partial charge in [-0.3, -0.25) is 9.48 Å². The van der Waals surface area contributed by atoms with Crippen LogP contribution in [0, 0.1) is 0 Å². The lowest BCUT2D eigenvalue weighted by atomic mass is 10.1. The van der Waals surface area contributed by atoms with Gasteiger partial charge in [-0.25, -0.2) is 4.79 Å². The average Bonchev–Trinajstić information content (AvgIpc) is 2.90. The number of likely N-dealkylation sites (tertiary alicyclic amines) is 1. The number of amides is 2. The molecule has 8 heteroatoms. The fourth-order valence-electron chi connectivity index (χ4n) is 3.15. The molecule has 3 rings (SSSR count). The first-order chi connectivity index (χ1) is 12.2. The highest BCUT2D eigenvalue weighted by Crippen LogP contribution is 2.32. The molecule has 26 heavy (non-hydrogen) atoms. The summed E-state index contributed by atoms with van der Waals surface area (Å²) in [5, 5.41) is 5.48. The van der Waals surface area contributed by atoms with Crippen LogP contribution in [0.15, 0.2) is 22.8 Å². The molecule has 2 aromatic rings. The van der Waals surface area contributed by atoms with E-state index < -0.39 is 11.5 Å². The van der Waals surface area contributed by atoms with Gasteiger partial charge in [0.05, 0.1) is 11.6 Å². The number of piperidine rings is 1. The first-order valence-corrected chi connectivity index (χ1v) is 9.41. The predicted octanol–water partition coefficient (Wildman–Crippen LogP) is 3.47. The van der Waals surface area contributed by atoms with Crippen LogP contribution in [0.25, 0.3) is 10.9 Å². The number of halogens is 1. The molecule has 1 aromatic carbocycles. The molecule has 0 atom stereocenters. The molecule has 0 aliphatic carbocycles. The Morgan fingerprint density at radius 2 is 1.92 bits per heavy atom. The molecule has 1 fully saturated rings. The van der Waals surface area contributed by atoms with Gasteiger partial charge in [0.2, 0.25) is 0 Å². The maximum Gasteiger partial charge on any atom is 0.410 e. The second-order valence-corrected chi connectivity index (χ2v) is 8.25. The van der Waals surface area contributed by atoms with E-state index in [0.29, 0.717) is 24.2 Å². The molecule has 0 saturated carbocycles. The van der Waals surface area contributed by atoms with Crippen molar-refractivity contribution in [2.75, 3.05) is 13.1 Å². The van der Waals surface area contributed by atoms with E-state index in [0.717, 1.165) is 22.8 Å². The zero-order chi connectivity index (χ0) is 19.1. The third-order valence-electron chi connectivity index (χ3n) is 4.39. The second-order valence-electron chi connectivity index (χ2n) is 7.50. The number of carbonyl (C=O) groups is 2. The molecule has 7 nitrogen and oxygen atoms in total. The second kappa shape index (κ2) is 6.90. The largest absolute Gasteiger partial charge is 0.444 e. The zero-order valence-corrected chi connectivity index (χ0v) is 16.7. The van der Waals surface area contributed by atoms with Crippen LogP contribution in [-0.2, 0) is 4.74 Å². The highest BCUT2D eigenvalue weighted by molar-refractivity contribution is 9.10. The standard InChI is InChI=1S/C18H23BrN4O3/c1-18(2,3)26-17(25)22-9-7-11(8-10-22)23-15(19)12-5-4-6-13(16(20)24)14(12)21-23/h4-6,11H,7-10H2,1-3H3,(H2,20,24). The van der Waals surface area contributed by atoms with Crippen molar-refractivity contribution in [1.29, 1.82) is 0 Å². The summed E-state index contributed by atoms with van der Waals surface area (Å²) in [4.78, 5) is 25.6. The van der Waals surface area contributed by atoms with E-state index in [-0.39, 0.29) is 12.1 Å². The number of hydrogen-bond acceptors (Lipinski definition) is 4. The summed E-state index contributed by atoms with van der Waals surface area (Å²) >= 11 is 3.60. The van der Waals surface area contributed by atoms with Gasteiger partial charge in [-0.15, -0.1) is 0 Å². The van der Waals surface area contributed by atoms with Crippen LogP contribution in [-0.4, -0.2) is 45.4 Å². The number of fused-ring (bicyclic) bond motifs is 1. The number of benzene rings is 1. The average molecular weight is 423 g/mol. The van der Waals surface area contributed by atoms with Crippen LogP contribution in [0.5, 0.6) is 0 Å². The summed E-state index contributed by atoms with van der Waals surface area (Å²) in [6, 6.07) is 5.52. The van der Waals surface area contributed by atoms with E-state index >= 15 is 0 Å². The molecule has 2 heterocycles. The third-order valence-corrected chi connectivity index (χ3v) is 5.19. The predicted molar refractivity (Wildman–Crippen MR) is 102 cm³/mol. The molecule has 140 valence electrons. The SMILES string of the molecule is CC(C)(C)OC(=O)N1CCC(n2nc3c(C(N)=O)cccc3c2Br)CC1. The molecule has 1 aliphatic heterocycles. The molecular weight excluding hydrogens is 400 g/mol. The Hall–Kier alpha value is -2.09. The molecule has 1 aromatic heterocycles. The summed E-state index contributed by atoms with van der Waals surface area (Å²) in [5.41, 5.74) is 5.97. The van der Waals surface area contributed by atoms with Gasteiger partial charge in [-0.05, 0) is 61.7 Å². The van der Waals surface area contributed by atoms with Crippen molar-refractivity contribution in [2.24, 2.45) is 5.73 Å². The summed E-state index contributed by atoms with van der Waals surface area (Å²) in [6.45, 7) is 6.79. The quantitative estimate of drug-likeness (QED) is 0.801. The number of rotatable bonds is 2. The van der Waals surface area contributed by atoms with Crippen LogP contribution < -0.4 is 5.73 Å². The van der Waals surface area contributed by atoms with E-state index in [4.69, 9.17) is 10.5 Å². The molecule has 2 N–H and O–H groups in total. The molecule has 0 spiro atoms. The number of ether oxygens (including phenoxy) is 1. The van der Waals surface area contributed by atoms with Crippen molar-refractivity contribution in [1.82, 2.24) is 14.7 Å². The Balaban J connectivity index is 1.78. The van der Waals surface area contributed by atoms with Crippen molar-refractivity contribution in [3.8, 4) is 0 Å². The molecule has 0 bridgehead atoms. The fraction of sp³-hybridized carbons (Fsp3) is 0.500. The maximum absolute atomic E-state index is 12.2. The molecule has 2 amide bonds. The van der Waals surface area contributed by atoms with E-state index in [1.807, 2.05) is 31.5 Å². The summed E-state index contributed by atoms with van der Waals surface area (Å²) in [5.74, 6) is -0.493. The van der Waals surface area contributed by atoms with Crippen molar-refractivity contribution < 1.29 is 14.3 Å². The van der Waals surface area contributed by atoms with Crippen molar-refractivity contribution in [2.45, 2.75) is 45.3 Å². The summed E-state index contributed by atoms with van der Waals surface area (Å²) in [7, 11) is 0. The van der Waals surface area contributed by atoms with Gasteiger partial charge in [0, 0.05) is 18.5 Å². The number of nitrogens with two attached hydrogens (primary N) is 1. The van der Waals surface area contributed by atoms with Crippen LogP contribution in [0.2, 0.25) is 0 Å². The number of nitrogens with zero attached hydrogens (tertiary/aromatic N) is 3. The Morgan fingerprint density at radius 3 is 2.50 bits per heavy atom. The normalized spacial score (nSPS) is 16.1. The monoisotopic (exact) mass is 422 g/mol. The van der Waals surface area contributed by atoms with Crippen molar-refractivity contribution in [3.05, 3.63) is 28.4 Å². The van der Waals surface area contributed by atoms with Crippen molar-refractivity contribution in [3.63, 3.8) is 0 Å². The van der Waals surface area contributed by atoms with E-state index in [9.17, 15) is 9.59 Å². The van der Waals surface area contributed by atoms with Crippen LogP contribution in [0.1, 0.15) is 50.0 Å². The Labute approximate surface area is 160 Å². The van der Waals surface area contributed by atoms with E-state index in [2.05, 4.69) is 21.0 Å². The van der Waals surface area contributed by atoms with Crippen LogP contribution in [0.4, 0.5) is 4.79 Å². The van der Waals surface area contributed by atoms with Gasteiger partial charge in [-0.2, -0.15) is 5.10 Å². The van der Waals surface area contributed by atoms with Gasteiger partial charge < -0.3 is 15.4 Å². The van der Waals surface area contributed by atoms with Crippen molar-refractivity contribution >= 4 is 38.8 Å². The minimum Gasteiger partial charge on any atom is -0.444 e. The number of hydrogen-bond donors (Lipinski definition) is 1. The lowest BCUT2D eigenvalue weighted by molar-refractivity contribution is 0.0184. The van der Waals surface area contributed by atoms with Gasteiger partial charge in [0.25, 0.3) is 5.91 Å². The highest BCUT2D eigenvalue weighted by atomic mass is 79.9. The molecule has 0 unspecified atom stereocenters. The Kier molecular flexibility index (Phi) is 4.96. The molecular formula is C18H23BrN4O3. The van der Waals surface area contributed by atoms with Crippen LogP contribution >= 0.6 is 15.9 Å². The van der Waals surface area contributed by atoms with Gasteiger partial charge in [-0.1, -0.05) is 6.07 Å². The summed E-state index contributed by atoms with van der Waals surface area (Å²) in [6.07, 6.45) is 1.24. The minimum atomic E-state index is -0.498. The Morgan fingerprint density at radius 1 is 1.27 bits per heavy atom. The maximum atomic E-state index is 12.2. The molecule has 1 saturated heterocycles. The first-order valence-electron chi connectivity index (χ1n) is 8.62. The molecule has 0 radical (unpaired) electrons. The Bertz CT molecular complexity index is 848. The van der Waals surface area contributed by atoms with Gasteiger partial charge >= 0.3 is 6.09 Å². The van der Waals surface area contributed by atoms with E-state index in [1.165, 1.54) is 0 Å². The third kappa shape index (κ3) is 3.70. The number of carbonyl (C=O) groups excluding carboxylic acids is 2. The highest BCUT2D eigenvalue weighted by Gasteiger charge is 2.29. The minimum absolute atomic E-state index is 0.135. The lowest BCUT2D eigenvalue weighted by Crippen LogP contribution is -2.42. The first kappa shape index (κ1) is 18.7.